The minimum absolute atomic E-state index is 0.659. The molecule has 4 nitrogen and oxygen atoms in total. The molecule has 0 amide bonds. The van der Waals surface area contributed by atoms with E-state index >= 15 is 0 Å². The first-order chi connectivity index (χ1) is 11.3. The summed E-state index contributed by atoms with van der Waals surface area (Å²) in [5, 5.41) is 8.33. The van der Waals surface area contributed by atoms with Crippen molar-refractivity contribution in [2.45, 2.75) is 70.5 Å². The Bertz CT molecular complexity index is 612. The monoisotopic (exact) mass is 331 g/mol. The standard InChI is InChI=1S/C18H25N3OS/c1-2-13-3-5-15(6-4-13)21(16-7-8-16)11-17-19-18(22-20-17)14-9-10-23-12-14/h9-10,12-13,15-16H,2-8,11H2,1H3. The van der Waals surface area contributed by atoms with Crippen LogP contribution >= 0.6 is 11.3 Å². The zero-order valence-corrected chi connectivity index (χ0v) is 14.6. The summed E-state index contributed by atoms with van der Waals surface area (Å²) >= 11 is 1.66. The molecule has 0 N–H and O–H groups in total. The number of nitrogens with zero attached hydrogens (tertiary/aromatic N) is 3. The van der Waals surface area contributed by atoms with Crippen molar-refractivity contribution in [2.24, 2.45) is 5.92 Å². The zero-order chi connectivity index (χ0) is 15.6. The van der Waals surface area contributed by atoms with Gasteiger partial charge in [-0.3, -0.25) is 4.90 Å². The molecule has 2 aliphatic rings. The molecule has 5 heteroatoms. The van der Waals surface area contributed by atoms with Gasteiger partial charge in [0.05, 0.1) is 12.1 Å². The summed E-state index contributed by atoms with van der Waals surface area (Å²) in [5.74, 6) is 2.45. The van der Waals surface area contributed by atoms with E-state index in [1.165, 1.54) is 44.9 Å². The maximum Gasteiger partial charge on any atom is 0.258 e. The second-order valence-electron chi connectivity index (χ2n) is 7.01. The summed E-state index contributed by atoms with van der Waals surface area (Å²) in [5.41, 5.74) is 1.04. The van der Waals surface area contributed by atoms with Gasteiger partial charge in [-0.2, -0.15) is 16.3 Å². The molecule has 0 spiro atoms. The molecule has 4 rings (SSSR count). The Hall–Kier alpha value is -1.20. The van der Waals surface area contributed by atoms with Gasteiger partial charge in [-0.25, -0.2) is 0 Å². The number of aromatic nitrogens is 2. The van der Waals surface area contributed by atoms with Crippen molar-refractivity contribution in [1.82, 2.24) is 15.0 Å². The zero-order valence-electron chi connectivity index (χ0n) is 13.8. The molecule has 0 aliphatic heterocycles. The third-order valence-electron chi connectivity index (χ3n) is 5.44. The fraction of sp³-hybridized carbons (Fsp3) is 0.667. The molecule has 2 saturated carbocycles. The summed E-state index contributed by atoms with van der Waals surface area (Å²) in [6, 6.07) is 3.50. The number of hydrogen-bond acceptors (Lipinski definition) is 5. The predicted octanol–water partition coefficient (Wildman–Crippen LogP) is 4.73. The minimum Gasteiger partial charge on any atom is -0.334 e. The predicted molar refractivity (Wildman–Crippen MR) is 92.2 cm³/mol. The van der Waals surface area contributed by atoms with E-state index in [0.717, 1.165) is 29.9 Å². The fourth-order valence-corrected chi connectivity index (χ4v) is 4.46. The van der Waals surface area contributed by atoms with Crippen LogP contribution in [0.1, 0.15) is 57.7 Å². The Balaban J connectivity index is 1.43. The van der Waals surface area contributed by atoms with Gasteiger partial charge in [0.25, 0.3) is 5.89 Å². The van der Waals surface area contributed by atoms with Crippen LogP contribution in [-0.2, 0) is 6.54 Å². The van der Waals surface area contributed by atoms with Gasteiger partial charge in [0, 0.05) is 17.5 Å². The Labute approximate surface area is 141 Å². The Kier molecular flexibility index (Phi) is 4.49. The van der Waals surface area contributed by atoms with E-state index in [1.54, 1.807) is 11.3 Å². The first-order valence-corrected chi connectivity index (χ1v) is 9.88. The smallest absolute Gasteiger partial charge is 0.258 e. The lowest BCUT2D eigenvalue weighted by Crippen LogP contribution is -2.39. The van der Waals surface area contributed by atoms with Crippen molar-refractivity contribution in [3.63, 3.8) is 0 Å². The maximum absolute atomic E-state index is 5.45. The third-order valence-corrected chi connectivity index (χ3v) is 6.12. The molecular formula is C18H25N3OS. The third kappa shape index (κ3) is 3.50. The highest BCUT2D eigenvalue weighted by Gasteiger charge is 2.36. The van der Waals surface area contributed by atoms with Crippen LogP contribution in [0.4, 0.5) is 0 Å². The van der Waals surface area contributed by atoms with Crippen molar-refractivity contribution in [3.8, 4) is 11.5 Å². The SMILES string of the molecule is CCC1CCC(N(Cc2noc(-c3ccsc3)n2)C2CC2)CC1. The van der Waals surface area contributed by atoms with Gasteiger partial charge in [-0.1, -0.05) is 18.5 Å². The Morgan fingerprint density at radius 3 is 2.52 bits per heavy atom. The quantitative estimate of drug-likeness (QED) is 0.767. The summed E-state index contributed by atoms with van der Waals surface area (Å²) in [6.45, 7) is 3.18. The van der Waals surface area contributed by atoms with Crippen molar-refractivity contribution in [3.05, 3.63) is 22.7 Å². The maximum atomic E-state index is 5.45. The van der Waals surface area contributed by atoms with Crippen LogP contribution in [0.5, 0.6) is 0 Å². The molecule has 0 bridgehead atoms. The Morgan fingerprint density at radius 2 is 1.91 bits per heavy atom. The lowest BCUT2D eigenvalue weighted by molar-refractivity contribution is 0.116. The highest BCUT2D eigenvalue weighted by atomic mass is 32.1. The second kappa shape index (κ2) is 6.73. The van der Waals surface area contributed by atoms with Crippen LogP contribution in [0.3, 0.4) is 0 Å². The molecule has 2 heterocycles. The van der Waals surface area contributed by atoms with E-state index in [4.69, 9.17) is 4.52 Å². The average molecular weight is 331 g/mol. The van der Waals surface area contributed by atoms with Crippen LogP contribution < -0.4 is 0 Å². The van der Waals surface area contributed by atoms with E-state index in [2.05, 4.69) is 27.3 Å². The molecule has 2 aromatic rings. The normalized spacial score (nSPS) is 25.1. The van der Waals surface area contributed by atoms with Gasteiger partial charge in [0.1, 0.15) is 0 Å². The van der Waals surface area contributed by atoms with E-state index < -0.39 is 0 Å². The molecule has 0 aromatic carbocycles. The van der Waals surface area contributed by atoms with Gasteiger partial charge in [0.15, 0.2) is 5.82 Å². The van der Waals surface area contributed by atoms with Crippen LogP contribution in [0.15, 0.2) is 21.3 Å². The molecule has 23 heavy (non-hydrogen) atoms. The molecule has 0 radical (unpaired) electrons. The molecule has 2 fully saturated rings. The largest absolute Gasteiger partial charge is 0.334 e. The van der Waals surface area contributed by atoms with Crippen molar-refractivity contribution in [2.75, 3.05) is 0 Å². The first kappa shape index (κ1) is 15.3. The number of hydrogen-bond donors (Lipinski definition) is 0. The molecule has 2 aliphatic carbocycles. The Morgan fingerprint density at radius 1 is 1.17 bits per heavy atom. The molecule has 0 atom stereocenters. The summed E-state index contributed by atoms with van der Waals surface area (Å²) in [4.78, 5) is 7.28. The number of thiophene rings is 1. The fourth-order valence-electron chi connectivity index (χ4n) is 3.83. The van der Waals surface area contributed by atoms with Crippen LogP contribution in [0, 0.1) is 5.92 Å². The van der Waals surface area contributed by atoms with Crippen molar-refractivity contribution >= 4 is 11.3 Å². The van der Waals surface area contributed by atoms with Crippen LogP contribution in [0.25, 0.3) is 11.5 Å². The lowest BCUT2D eigenvalue weighted by Gasteiger charge is -2.36. The first-order valence-electron chi connectivity index (χ1n) is 8.94. The average Bonchev–Trinajstić information content (AvgIpc) is 3.10. The van der Waals surface area contributed by atoms with Crippen molar-refractivity contribution < 1.29 is 4.52 Å². The summed E-state index contributed by atoms with van der Waals surface area (Å²) in [7, 11) is 0. The molecular weight excluding hydrogens is 306 g/mol. The van der Waals surface area contributed by atoms with E-state index in [0.29, 0.717) is 11.9 Å². The van der Waals surface area contributed by atoms with Gasteiger partial charge in [-0.15, -0.1) is 0 Å². The minimum atomic E-state index is 0.659. The summed E-state index contributed by atoms with van der Waals surface area (Å²) < 4.78 is 5.45. The molecule has 0 unspecified atom stereocenters. The molecule has 124 valence electrons. The van der Waals surface area contributed by atoms with E-state index in [9.17, 15) is 0 Å². The van der Waals surface area contributed by atoms with Crippen LogP contribution in [0.2, 0.25) is 0 Å². The van der Waals surface area contributed by atoms with E-state index in [-0.39, 0.29) is 0 Å². The number of rotatable bonds is 6. The van der Waals surface area contributed by atoms with Gasteiger partial charge in [-0.05, 0) is 55.9 Å². The second-order valence-corrected chi connectivity index (χ2v) is 7.79. The van der Waals surface area contributed by atoms with Crippen molar-refractivity contribution in [1.29, 1.82) is 0 Å². The highest BCUT2D eigenvalue weighted by molar-refractivity contribution is 7.08. The van der Waals surface area contributed by atoms with Gasteiger partial charge in [0.2, 0.25) is 0 Å². The van der Waals surface area contributed by atoms with Crippen LogP contribution in [-0.4, -0.2) is 27.1 Å². The molecule has 0 saturated heterocycles. The van der Waals surface area contributed by atoms with Gasteiger partial charge < -0.3 is 4.52 Å². The molecule has 2 aromatic heterocycles. The van der Waals surface area contributed by atoms with E-state index in [1.807, 2.05) is 11.4 Å². The summed E-state index contributed by atoms with van der Waals surface area (Å²) in [6.07, 6.45) is 9.46. The van der Waals surface area contributed by atoms with Gasteiger partial charge >= 0.3 is 0 Å². The lowest BCUT2D eigenvalue weighted by atomic mass is 9.84. The topological polar surface area (TPSA) is 42.2 Å². The highest BCUT2D eigenvalue weighted by Crippen LogP contribution is 2.37.